The van der Waals surface area contributed by atoms with E-state index < -0.39 is 6.04 Å². The Hall–Kier alpha value is -2.24. The van der Waals surface area contributed by atoms with Crippen molar-refractivity contribution in [3.05, 3.63) is 63.1 Å². The van der Waals surface area contributed by atoms with E-state index in [-0.39, 0.29) is 31.0 Å². The predicted octanol–water partition coefficient (Wildman–Crippen LogP) is 5.86. The van der Waals surface area contributed by atoms with E-state index >= 15 is 0 Å². The van der Waals surface area contributed by atoms with Gasteiger partial charge in [-0.2, -0.15) is 0 Å². The molecule has 0 aliphatic heterocycles. The Morgan fingerprint density at radius 2 is 1.70 bits per heavy atom. The fourth-order valence-corrected chi connectivity index (χ4v) is 4.62. The van der Waals surface area contributed by atoms with Crippen LogP contribution in [0.4, 0.5) is 0 Å². The van der Waals surface area contributed by atoms with Crippen molar-refractivity contribution in [2.75, 3.05) is 6.61 Å². The molecule has 5 nitrogen and oxygen atoms in total. The average molecular weight is 491 g/mol. The van der Waals surface area contributed by atoms with Gasteiger partial charge < -0.3 is 15.0 Å². The molecule has 1 fully saturated rings. The van der Waals surface area contributed by atoms with Crippen LogP contribution >= 0.6 is 23.2 Å². The minimum absolute atomic E-state index is 0.118. The molecule has 2 aromatic carbocycles. The highest BCUT2D eigenvalue weighted by Crippen LogP contribution is 2.27. The summed E-state index contributed by atoms with van der Waals surface area (Å²) in [5.41, 5.74) is 2.67. The van der Waals surface area contributed by atoms with Crippen LogP contribution in [-0.4, -0.2) is 35.4 Å². The normalized spacial score (nSPS) is 15.1. The van der Waals surface area contributed by atoms with Crippen molar-refractivity contribution in [1.29, 1.82) is 0 Å². The summed E-state index contributed by atoms with van der Waals surface area (Å²) in [5, 5.41) is 4.03. The van der Waals surface area contributed by atoms with Gasteiger partial charge in [-0.1, -0.05) is 60.7 Å². The molecular weight excluding hydrogens is 459 g/mol. The topological polar surface area (TPSA) is 58.6 Å². The highest BCUT2D eigenvalue weighted by Gasteiger charge is 2.29. The summed E-state index contributed by atoms with van der Waals surface area (Å²) in [5.74, 6) is 0.168. The van der Waals surface area contributed by atoms with Crippen LogP contribution in [0.1, 0.15) is 55.7 Å². The number of carbonyl (C=O) groups is 2. The highest BCUT2D eigenvalue weighted by atomic mass is 35.5. The summed E-state index contributed by atoms with van der Waals surface area (Å²) in [6, 6.07) is 10.4. The van der Waals surface area contributed by atoms with Crippen molar-refractivity contribution in [3.63, 3.8) is 0 Å². The van der Waals surface area contributed by atoms with Crippen LogP contribution in [0.2, 0.25) is 10.0 Å². The lowest BCUT2D eigenvalue weighted by atomic mass is 9.95. The largest absolute Gasteiger partial charge is 0.483 e. The molecule has 178 valence electrons. The molecule has 7 heteroatoms. The number of nitrogens with zero attached hydrogens (tertiary/aromatic N) is 1. The first-order chi connectivity index (χ1) is 15.8. The monoisotopic (exact) mass is 490 g/mol. The number of hydrogen-bond acceptors (Lipinski definition) is 3. The third-order valence-electron chi connectivity index (χ3n) is 6.42. The fourth-order valence-electron chi connectivity index (χ4n) is 4.11. The van der Waals surface area contributed by atoms with E-state index in [1.807, 2.05) is 32.0 Å². The summed E-state index contributed by atoms with van der Waals surface area (Å²) >= 11 is 12.8. The zero-order valence-electron chi connectivity index (χ0n) is 19.5. The van der Waals surface area contributed by atoms with Crippen LogP contribution in [0.15, 0.2) is 36.4 Å². The van der Waals surface area contributed by atoms with Crippen LogP contribution in [0, 0.1) is 13.8 Å². The van der Waals surface area contributed by atoms with Crippen LogP contribution in [0.3, 0.4) is 0 Å². The molecule has 33 heavy (non-hydrogen) atoms. The molecule has 1 N–H and O–H groups in total. The Morgan fingerprint density at radius 1 is 1.06 bits per heavy atom. The summed E-state index contributed by atoms with van der Waals surface area (Å²) in [4.78, 5) is 27.9. The second-order valence-electron chi connectivity index (χ2n) is 8.73. The Morgan fingerprint density at radius 3 is 2.36 bits per heavy atom. The quantitative estimate of drug-likeness (QED) is 0.504. The van der Waals surface area contributed by atoms with E-state index in [4.69, 9.17) is 27.9 Å². The molecule has 0 bridgehead atoms. The Labute approximate surface area is 206 Å². The lowest BCUT2D eigenvalue weighted by Gasteiger charge is -2.31. The third kappa shape index (κ3) is 6.64. The molecule has 2 aromatic rings. The van der Waals surface area contributed by atoms with Crippen molar-refractivity contribution in [2.24, 2.45) is 0 Å². The number of aryl methyl sites for hydroxylation is 1. The molecule has 1 aliphatic rings. The molecule has 0 unspecified atom stereocenters. The molecule has 1 atom stereocenters. The van der Waals surface area contributed by atoms with Crippen LogP contribution in [0.25, 0.3) is 0 Å². The van der Waals surface area contributed by atoms with Gasteiger partial charge in [0, 0.05) is 28.2 Å². The maximum Gasteiger partial charge on any atom is 0.261 e. The maximum absolute atomic E-state index is 13.3. The van der Waals surface area contributed by atoms with Crippen LogP contribution in [0.5, 0.6) is 5.75 Å². The smallest absolute Gasteiger partial charge is 0.261 e. The van der Waals surface area contributed by atoms with Gasteiger partial charge in [0.2, 0.25) is 5.91 Å². The standard InChI is InChI=1S/C26H32Cl2N2O3/c1-17-9-7-14-24(18(17)2)33-16-25(31)30(15-21-22(27)12-8-13-23(21)28)19(3)26(32)29-20-10-5-4-6-11-20/h7-9,12-14,19-20H,4-6,10-11,15-16H2,1-3H3,(H,29,32)/t19-/m0/s1. The molecule has 0 saturated heterocycles. The van der Waals surface area contributed by atoms with Gasteiger partial charge in [-0.25, -0.2) is 0 Å². The average Bonchev–Trinajstić information content (AvgIpc) is 2.80. The summed E-state index contributed by atoms with van der Waals surface area (Å²) in [7, 11) is 0. The van der Waals surface area contributed by atoms with Gasteiger partial charge in [0.25, 0.3) is 5.91 Å². The molecule has 1 aliphatic carbocycles. The number of hydrogen-bond donors (Lipinski definition) is 1. The number of benzene rings is 2. The molecule has 0 aromatic heterocycles. The van der Waals surface area contributed by atoms with E-state index in [0.29, 0.717) is 21.4 Å². The summed E-state index contributed by atoms with van der Waals surface area (Å²) < 4.78 is 5.85. The number of nitrogens with one attached hydrogen (secondary N) is 1. The van der Waals surface area contributed by atoms with Crippen molar-refractivity contribution in [2.45, 2.75) is 71.5 Å². The summed E-state index contributed by atoms with van der Waals surface area (Å²) in [6.07, 6.45) is 5.37. The number of rotatable bonds is 8. The number of carbonyl (C=O) groups excluding carboxylic acids is 2. The maximum atomic E-state index is 13.3. The van der Waals surface area contributed by atoms with Gasteiger partial charge in [-0.15, -0.1) is 0 Å². The SMILES string of the molecule is Cc1cccc(OCC(=O)N(Cc2c(Cl)cccc2Cl)[C@@H](C)C(=O)NC2CCCCC2)c1C. The Balaban J connectivity index is 1.78. The summed E-state index contributed by atoms with van der Waals surface area (Å²) in [6.45, 7) is 5.61. The van der Waals surface area contributed by atoms with E-state index in [1.54, 1.807) is 25.1 Å². The van der Waals surface area contributed by atoms with Gasteiger partial charge in [-0.05, 0) is 62.9 Å². The highest BCUT2D eigenvalue weighted by molar-refractivity contribution is 6.36. The lowest BCUT2D eigenvalue weighted by molar-refractivity contribution is -0.142. The number of halogens is 2. The van der Waals surface area contributed by atoms with Gasteiger partial charge in [0.15, 0.2) is 6.61 Å². The van der Waals surface area contributed by atoms with Gasteiger partial charge >= 0.3 is 0 Å². The molecule has 0 spiro atoms. The lowest BCUT2D eigenvalue weighted by Crippen LogP contribution is -2.51. The van der Waals surface area contributed by atoms with Crippen molar-refractivity contribution >= 4 is 35.0 Å². The number of ether oxygens (including phenoxy) is 1. The molecule has 0 radical (unpaired) electrons. The van der Waals surface area contributed by atoms with Crippen LogP contribution < -0.4 is 10.1 Å². The first-order valence-corrected chi connectivity index (χ1v) is 12.2. The third-order valence-corrected chi connectivity index (χ3v) is 7.12. The molecule has 0 heterocycles. The fraction of sp³-hybridized carbons (Fsp3) is 0.462. The Kier molecular flexibility index (Phi) is 9.04. The molecule has 1 saturated carbocycles. The van der Waals surface area contributed by atoms with E-state index in [9.17, 15) is 9.59 Å². The number of amides is 2. The van der Waals surface area contributed by atoms with E-state index in [1.165, 1.54) is 11.3 Å². The van der Waals surface area contributed by atoms with Crippen LogP contribution in [-0.2, 0) is 16.1 Å². The molecule has 2 amide bonds. The minimum atomic E-state index is -0.700. The van der Waals surface area contributed by atoms with Gasteiger partial charge in [0.05, 0.1) is 0 Å². The molecular formula is C26H32Cl2N2O3. The van der Waals surface area contributed by atoms with Crippen molar-refractivity contribution in [1.82, 2.24) is 10.2 Å². The van der Waals surface area contributed by atoms with E-state index in [2.05, 4.69) is 5.32 Å². The Bertz CT molecular complexity index is 969. The van der Waals surface area contributed by atoms with Crippen molar-refractivity contribution < 1.29 is 14.3 Å². The first-order valence-electron chi connectivity index (χ1n) is 11.5. The van der Waals surface area contributed by atoms with Crippen molar-refractivity contribution in [3.8, 4) is 5.75 Å². The van der Waals surface area contributed by atoms with Gasteiger partial charge in [-0.3, -0.25) is 9.59 Å². The second-order valence-corrected chi connectivity index (χ2v) is 9.54. The zero-order valence-corrected chi connectivity index (χ0v) is 21.0. The zero-order chi connectivity index (χ0) is 24.0. The molecule has 3 rings (SSSR count). The first kappa shape index (κ1) is 25.4. The second kappa shape index (κ2) is 11.8. The van der Waals surface area contributed by atoms with E-state index in [0.717, 1.165) is 36.8 Å². The minimum Gasteiger partial charge on any atom is -0.483 e. The van der Waals surface area contributed by atoms with Gasteiger partial charge in [0.1, 0.15) is 11.8 Å². The predicted molar refractivity (Wildman–Crippen MR) is 133 cm³/mol.